The average Bonchev–Trinajstić information content (AvgIpc) is 2.74. The largest absolute Gasteiger partial charge is 0.340 e. The normalized spacial score (nSPS) is 15.1. The van der Waals surface area contributed by atoms with Crippen LogP contribution in [0.1, 0.15) is 17.5 Å². The van der Waals surface area contributed by atoms with Gasteiger partial charge in [0.15, 0.2) is 0 Å². The minimum absolute atomic E-state index is 0.214. The van der Waals surface area contributed by atoms with Crippen LogP contribution < -0.4 is 0 Å². The van der Waals surface area contributed by atoms with Crippen LogP contribution in [0.25, 0.3) is 10.9 Å². The first-order chi connectivity index (χ1) is 13.7. The number of rotatable bonds is 5. The molecule has 0 N–H and O–H groups in total. The average molecular weight is 394 g/mol. The Kier molecular flexibility index (Phi) is 5.89. The molecule has 0 aliphatic carbocycles. The Labute approximate surface area is 170 Å². The summed E-state index contributed by atoms with van der Waals surface area (Å²) in [7, 11) is 0. The van der Waals surface area contributed by atoms with E-state index in [9.17, 15) is 4.79 Å². The third kappa shape index (κ3) is 4.34. The summed E-state index contributed by atoms with van der Waals surface area (Å²) >= 11 is 6.19. The number of carbonyl (C=O) groups excluding carboxylic acids is 1. The number of fused-ring (bicyclic) bond motifs is 1. The molecule has 0 radical (unpaired) electrons. The fraction of sp³-hybridized carbons (Fsp3) is 0.304. The van der Waals surface area contributed by atoms with E-state index in [1.165, 1.54) is 10.9 Å². The van der Waals surface area contributed by atoms with Gasteiger partial charge in [-0.3, -0.25) is 14.7 Å². The van der Waals surface area contributed by atoms with Gasteiger partial charge in [-0.1, -0.05) is 54.1 Å². The van der Waals surface area contributed by atoms with Crippen molar-refractivity contribution in [3.05, 3.63) is 76.9 Å². The molecular formula is C23H24ClN3O. The zero-order valence-electron chi connectivity index (χ0n) is 15.9. The topological polar surface area (TPSA) is 36.4 Å². The Balaban J connectivity index is 1.30. The van der Waals surface area contributed by atoms with Crippen LogP contribution in [0.2, 0.25) is 5.02 Å². The van der Waals surface area contributed by atoms with E-state index in [2.05, 4.69) is 34.1 Å². The summed E-state index contributed by atoms with van der Waals surface area (Å²) in [4.78, 5) is 21.5. The zero-order valence-corrected chi connectivity index (χ0v) is 16.6. The number of hydrogen-bond donors (Lipinski definition) is 0. The molecule has 0 atom stereocenters. The number of benzene rings is 2. The molecule has 5 heteroatoms. The Morgan fingerprint density at radius 3 is 2.50 bits per heavy atom. The molecule has 1 amide bonds. The minimum atomic E-state index is 0.214. The molecule has 0 unspecified atom stereocenters. The maximum atomic E-state index is 12.6. The smallest absolute Gasteiger partial charge is 0.222 e. The van der Waals surface area contributed by atoms with Crippen molar-refractivity contribution in [2.45, 2.75) is 19.4 Å². The van der Waals surface area contributed by atoms with E-state index < -0.39 is 0 Å². The van der Waals surface area contributed by atoms with Gasteiger partial charge in [0.1, 0.15) is 0 Å². The lowest BCUT2D eigenvalue weighted by Gasteiger charge is -2.35. The first kappa shape index (κ1) is 18.9. The Bertz CT molecular complexity index is 961. The Morgan fingerprint density at radius 2 is 1.68 bits per heavy atom. The van der Waals surface area contributed by atoms with Crippen LogP contribution in [0, 0.1) is 0 Å². The van der Waals surface area contributed by atoms with Gasteiger partial charge in [-0.05, 0) is 29.7 Å². The number of hydrogen-bond acceptors (Lipinski definition) is 3. The lowest BCUT2D eigenvalue weighted by Crippen LogP contribution is -2.48. The van der Waals surface area contributed by atoms with Crippen LogP contribution >= 0.6 is 11.6 Å². The molecule has 0 bridgehead atoms. The van der Waals surface area contributed by atoms with Crippen molar-refractivity contribution < 1.29 is 4.79 Å². The number of amides is 1. The molecule has 0 saturated carbocycles. The highest BCUT2D eigenvalue weighted by Gasteiger charge is 2.21. The molecule has 1 aromatic heterocycles. The van der Waals surface area contributed by atoms with Crippen LogP contribution in [-0.4, -0.2) is 46.9 Å². The molecule has 144 valence electrons. The fourth-order valence-corrected chi connectivity index (χ4v) is 4.02. The molecule has 4 nitrogen and oxygen atoms in total. The van der Waals surface area contributed by atoms with Crippen LogP contribution in [0.5, 0.6) is 0 Å². The maximum Gasteiger partial charge on any atom is 0.222 e. The molecule has 1 aliphatic rings. The monoisotopic (exact) mass is 393 g/mol. The zero-order chi connectivity index (χ0) is 19.3. The predicted molar refractivity (Wildman–Crippen MR) is 113 cm³/mol. The molecule has 1 saturated heterocycles. The molecule has 2 heterocycles. The van der Waals surface area contributed by atoms with Gasteiger partial charge in [0.2, 0.25) is 5.91 Å². The van der Waals surface area contributed by atoms with Crippen molar-refractivity contribution in [1.82, 2.24) is 14.8 Å². The summed E-state index contributed by atoms with van der Waals surface area (Å²) < 4.78 is 0. The fourth-order valence-electron chi connectivity index (χ4n) is 3.79. The van der Waals surface area contributed by atoms with Gasteiger partial charge in [0.25, 0.3) is 0 Å². The summed E-state index contributed by atoms with van der Waals surface area (Å²) in [5.74, 6) is 0.214. The summed E-state index contributed by atoms with van der Waals surface area (Å²) in [5.41, 5.74) is 3.36. The van der Waals surface area contributed by atoms with E-state index in [0.29, 0.717) is 12.8 Å². The Morgan fingerprint density at radius 1 is 0.929 bits per heavy atom. The van der Waals surface area contributed by atoms with E-state index >= 15 is 0 Å². The van der Waals surface area contributed by atoms with E-state index in [0.717, 1.165) is 48.8 Å². The van der Waals surface area contributed by atoms with E-state index in [1.54, 1.807) is 0 Å². The van der Waals surface area contributed by atoms with Gasteiger partial charge in [-0.25, -0.2) is 0 Å². The summed E-state index contributed by atoms with van der Waals surface area (Å²) in [6.07, 6.45) is 3.05. The van der Waals surface area contributed by atoms with Crippen molar-refractivity contribution in [2.24, 2.45) is 0 Å². The second-order valence-electron chi connectivity index (χ2n) is 7.24. The van der Waals surface area contributed by atoms with Gasteiger partial charge in [0.05, 0.1) is 5.52 Å². The summed E-state index contributed by atoms with van der Waals surface area (Å²) in [6.45, 7) is 4.21. The molecule has 3 aromatic rings. The maximum absolute atomic E-state index is 12.6. The third-order valence-electron chi connectivity index (χ3n) is 5.40. The summed E-state index contributed by atoms with van der Waals surface area (Å²) in [5, 5.41) is 1.91. The van der Waals surface area contributed by atoms with E-state index in [4.69, 9.17) is 11.6 Å². The highest BCUT2D eigenvalue weighted by Crippen LogP contribution is 2.20. The molecule has 0 spiro atoms. The first-order valence-corrected chi connectivity index (χ1v) is 10.1. The number of carbonyl (C=O) groups is 1. The van der Waals surface area contributed by atoms with Crippen LogP contribution in [0.4, 0.5) is 0 Å². The number of halogens is 1. The van der Waals surface area contributed by atoms with Crippen molar-refractivity contribution in [3.8, 4) is 0 Å². The minimum Gasteiger partial charge on any atom is -0.340 e. The molecule has 2 aromatic carbocycles. The molecular weight excluding hydrogens is 370 g/mol. The first-order valence-electron chi connectivity index (χ1n) is 9.77. The molecule has 4 rings (SSSR count). The Hall–Kier alpha value is -2.43. The number of aromatic nitrogens is 1. The molecule has 1 aliphatic heterocycles. The summed E-state index contributed by atoms with van der Waals surface area (Å²) in [6, 6.07) is 18.2. The van der Waals surface area contributed by atoms with Crippen molar-refractivity contribution in [3.63, 3.8) is 0 Å². The highest BCUT2D eigenvalue weighted by atomic mass is 35.5. The second kappa shape index (κ2) is 8.72. The number of pyridine rings is 1. The highest BCUT2D eigenvalue weighted by molar-refractivity contribution is 6.31. The van der Waals surface area contributed by atoms with Crippen LogP contribution in [-0.2, 0) is 17.8 Å². The number of aryl methyl sites for hydroxylation is 1. The molecule has 28 heavy (non-hydrogen) atoms. The van der Waals surface area contributed by atoms with Crippen molar-refractivity contribution in [2.75, 3.05) is 26.2 Å². The molecule has 1 fully saturated rings. The number of piperazine rings is 1. The van der Waals surface area contributed by atoms with Gasteiger partial charge >= 0.3 is 0 Å². The SMILES string of the molecule is O=C(CCc1ccccc1Cl)N1CCN(Cc2cccc3cccnc23)CC1. The van der Waals surface area contributed by atoms with Gasteiger partial charge in [0, 0.05) is 55.8 Å². The lowest BCUT2D eigenvalue weighted by atomic mass is 10.1. The van der Waals surface area contributed by atoms with Gasteiger partial charge in [-0.2, -0.15) is 0 Å². The second-order valence-corrected chi connectivity index (χ2v) is 7.65. The lowest BCUT2D eigenvalue weighted by molar-refractivity contribution is -0.132. The van der Waals surface area contributed by atoms with Crippen molar-refractivity contribution >= 4 is 28.4 Å². The van der Waals surface area contributed by atoms with Crippen LogP contribution in [0.3, 0.4) is 0 Å². The predicted octanol–water partition coefficient (Wildman–Crippen LogP) is 4.17. The van der Waals surface area contributed by atoms with E-state index in [1.807, 2.05) is 41.4 Å². The third-order valence-corrected chi connectivity index (χ3v) is 5.77. The standard InChI is InChI=1S/C23H24ClN3O/c24-21-9-2-1-5-18(21)10-11-22(28)27-15-13-26(14-16-27)17-20-7-3-6-19-8-4-12-25-23(19)20/h1-9,12H,10-11,13-17H2. The quantitative estimate of drug-likeness (QED) is 0.652. The number of para-hydroxylation sites is 1. The van der Waals surface area contributed by atoms with Crippen molar-refractivity contribution in [1.29, 1.82) is 0 Å². The van der Waals surface area contributed by atoms with Crippen LogP contribution in [0.15, 0.2) is 60.8 Å². The van der Waals surface area contributed by atoms with E-state index in [-0.39, 0.29) is 5.91 Å². The van der Waals surface area contributed by atoms with Gasteiger partial charge < -0.3 is 4.90 Å². The number of nitrogens with zero attached hydrogens (tertiary/aromatic N) is 3. The van der Waals surface area contributed by atoms with Gasteiger partial charge in [-0.15, -0.1) is 0 Å².